The summed E-state index contributed by atoms with van der Waals surface area (Å²) in [5.41, 5.74) is -1.29. The van der Waals surface area contributed by atoms with Crippen molar-refractivity contribution < 1.29 is 27.7 Å². The highest BCUT2D eigenvalue weighted by Crippen LogP contribution is 2.46. The van der Waals surface area contributed by atoms with Crippen molar-refractivity contribution in [2.75, 3.05) is 0 Å². The van der Waals surface area contributed by atoms with E-state index in [1.807, 2.05) is 0 Å². The first-order valence-electron chi connectivity index (χ1n) is 18.4. The maximum Gasteiger partial charge on any atom is 0.136 e. The molecule has 1 nitrogen and oxygen atoms in total. The molecule has 1 aromatic heterocycles. The molecule has 33 heavy (non-hydrogen) atoms. The van der Waals surface area contributed by atoms with Crippen LogP contribution in [0.4, 0.5) is 0 Å². The van der Waals surface area contributed by atoms with Crippen molar-refractivity contribution in [3.8, 4) is 22.3 Å². The standard InChI is InChI=1S/C32H20O/c1-2-11-21(12-3-1)30-22-13-4-6-15-24(22)31(25-16-7-5-14-23(25)30)27-18-10-20-29-32(27)26-17-8-9-19-28(26)33-29/h1-20H/i1D,2D,3D,4D,5D,6D,7D,8D,9D,11D,12D,13D,14D,15D,16D,17D,19D. The second-order valence-corrected chi connectivity index (χ2v) is 7.23. The molecule has 0 fully saturated rings. The fourth-order valence-electron chi connectivity index (χ4n) is 4.27. The number of para-hydroxylation sites is 1. The predicted molar refractivity (Wildman–Crippen MR) is 140 cm³/mol. The van der Waals surface area contributed by atoms with Crippen molar-refractivity contribution in [2.45, 2.75) is 0 Å². The lowest BCUT2D eigenvalue weighted by molar-refractivity contribution is 0.669. The molecule has 0 bridgehead atoms. The fraction of sp³-hybridized carbons (Fsp3) is 0. The molecule has 1 heterocycles. The Morgan fingerprint density at radius 1 is 0.485 bits per heavy atom. The van der Waals surface area contributed by atoms with Crippen LogP contribution in [0.5, 0.6) is 0 Å². The third kappa shape index (κ3) is 2.66. The molecule has 0 unspecified atom stereocenters. The van der Waals surface area contributed by atoms with Gasteiger partial charge in [-0.3, -0.25) is 0 Å². The number of furan rings is 1. The van der Waals surface area contributed by atoms with Gasteiger partial charge in [-0.2, -0.15) is 0 Å². The Hall–Kier alpha value is -4.36. The lowest BCUT2D eigenvalue weighted by Gasteiger charge is -2.18. The van der Waals surface area contributed by atoms with Crippen LogP contribution in [0.2, 0.25) is 0 Å². The Morgan fingerprint density at radius 3 is 1.70 bits per heavy atom. The minimum Gasteiger partial charge on any atom is -0.456 e. The van der Waals surface area contributed by atoms with Gasteiger partial charge in [0, 0.05) is 10.8 Å². The van der Waals surface area contributed by atoms with E-state index in [2.05, 4.69) is 0 Å². The van der Waals surface area contributed by atoms with Crippen LogP contribution in [0.3, 0.4) is 0 Å². The highest BCUT2D eigenvalue weighted by atomic mass is 16.3. The summed E-state index contributed by atoms with van der Waals surface area (Å²) in [7, 11) is 0. The zero-order chi connectivity index (χ0) is 36.6. The van der Waals surface area contributed by atoms with Gasteiger partial charge in [-0.25, -0.2) is 0 Å². The van der Waals surface area contributed by atoms with E-state index in [0.29, 0.717) is 0 Å². The molecule has 6 aromatic carbocycles. The molecule has 7 rings (SSSR count). The Morgan fingerprint density at radius 2 is 1.03 bits per heavy atom. The summed E-state index contributed by atoms with van der Waals surface area (Å²) in [5.74, 6) is 0. The average molecular weight is 438 g/mol. The van der Waals surface area contributed by atoms with Crippen molar-refractivity contribution in [3.63, 3.8) is 0 Å². The predicted octanol–water partition coefficient (Wildman–Crippen LogP) is 9.23. The summed E-state index contributed by atoms with van der Waals surface area (Å²) in [6.07, 6.45) is 0. The summed E-state index contributed by atoms with van der Waals surface area (Å²) in [4.78, 5) is 0. The molecule has 1 heteroatoms. The van der Waals surface area contributed by atoms with Gasteiger partial charge in [0.2, 0.25) is 0 Å². The molecule has 0 saturated heterocycles. The van der Waals surface area contributed by atoms with Crippen molar-refractivity contribution in [1.82, 2.24) is 0 Å². The highest BCUT2D eigenvalue weighted by Gasteiger charge is 2.19. The van der Waals surface area contributed by atoms with Gasteiger partial charge in [0.15, 0.2) is 0 Å². The smallest absolute Gasteiger partial charge is 0.136 e. The number of hydrogen-bond donors (Lipinski definition) is 0. The minimum atomic E-state index is -0.781. The van der Waals surface area contributed by atoms with E-state index < -0.39 is 125 Å². The summed E-state index contributed by atoms with van der Waals surface area (Å²) < 4.78 is 153. The second-order valence-electron chi connectivity index (χ2n) is 7.23. The lowest BCUT2D eigenvalue weighted by atomic mass is 9.85. The highest BCUT2D eigenvalue weighted by molar-refractivity contribution is 6.25. The summed E-state index contributed by atoms with van der Waals surface area (Å²) in [5, 5.41) is -1.45. The number of rotatable bonds is 2. The summed E-state index contributed by atoms with van der Waals surface area (Å²) in [6.45, 7) is 0. The molecule has 0 spiro atoms. The van der Waals surface area contributed by atoms with E-state index in [-0.39, 0.29) is 43.8 Å². The molecular weight excluding hydrogens is 400 g/mol. The van der Waals surface area contributed by atoms with Gasteiger partial charge >= 0.3 is 0 Å². The summed E-state index contributed by atoms with van der Waals surface area (Å²) >= 11 is 0. The van der Waals surface area contributed by atoms with E-state index in [1.165, 1.54) is 18.2 Å². The fourth-order valence-corrected chi connectivity index (χ4v) is 4.27. The quantitative estimate of drug-likeness (QED) is 0.246. The first kappa shape index (κ1) is 8.20. The van der Waals surface area contributed by atoms with Crippen LogP contribution >= 0.6 is 0 Å². The van der Waals surface area contributed by atoms with Gasteiger partial charge < -0.3 is 4.42 Å². The average Bonchev–Trinajstić information content (AvgIpc) is 3.50. The van der Waals surface area contributed by atoms with Crippen molar-refractivity contribution >= 4 is 43.5 Å². The lowest BCUT2D eigenvalue weighted by Crippen LogP contribution is -1.91. The Bertz CT molecular complexity index is 2620. The van der Waals surface area contributed by atoms with Gasteiger partial charge in [-0.1, -0.05) is 109 Å². The Labute approximate surface area is 215 Å². The third-order valence-corrected chi connectivity index (χ3v) is 5.54. The van der Waals surface area contributed by atoms with Crippen LogP contribution in [0.1, 0.15) is 23.3 Å². The molecule has 7 aromatic rings. The molecule has 0 atom stereocenters. The number of benzene rings is 6. The molecule has 154 valence electrons. The van der Waals surface area contributed by atoms with Gasteiger partial charge in [0.1, 0.15) is 11.2 Å². The maximum absolute atomic E-state index is 9.14. The van der Waals surface area contributed by atoms with E-state index in [4.69, 9.17) is 27.7 Å². The molecule has 0 amide bonds. The van der Waals surface area contributed by atoms with Crippen LogP contribution in [0.25, 0.3) is 65.7 Å². The first-order valence-corrected chi connectivity index (χ1v) is 9.90. The van der Waals surface area contributed by atoms with E-state index in [1.54, 1.807) is 0 Å². The molecule has 0 radical (unpaired) electrons. The Kier molecular flexibility index (Phi) is 1.76. The molecule has 0 aliphatic rings. The first-order chi connectivity index (χ1) is 23.4. The van der Waals surface area contributed by atoms with Gasteiger partial charge in [0.25, 0.3) is 0 Å². The van der Waals surface area contributed by atoms with Crippen LogP contribution in [-0.4, -0.2) is 0 Å². The van der Waals surface area contributed by atoms with Crippen LogP contribution in [0, 0.1) is 0 Å². The van der Waals surface area contributed by atoms with Crippen LogP contribution in [-0.2, 0) is 0 Å². The molecule has 0 saturated carbocycles. The van der Waals surface area contributed by atoms with Crippen LogP contribution < -0.4 is 0 Å². The zero-order valence-electron chi connectivity index (χ0n) is 33.6. The maximum atomic E-state index is 9.14. The topological polar surface area (TPSA) is 13.1 Å². The normalized spacial score (nSPS) is 18.8. The molecule has 0 N–H and O–H groups in total. The number of hydrogen-bond acceptors (Lipinski definition) is 1. The zero-order valence-corrected chi connectivity index (χ0v) is 16.6. The molecular formula is C32H20O. The van der Waals surface area contributed by atoms with Crippen molar-refractivity contribution in [2.24, 2.45) is 0 Å². The van der Waals surface area contributed by atoms with E-state index >= 15 is 0 Å². The second kappa shape index (κ2) is 7.08. The van der Waals surface area contributed by atoms with Gasteiger partial charge in [-0.05, 0) is 55.9 Å². The SMILES string of the molecule is [2H]c1c([2H])c([2H])c(-c2c3c([2H])c([2H])c([2H])c([2H])c3c(-c3cccc4oc5c([2H])c([2H])c([2H])c([2H])c5c34)c3c([2H])c([2H])c([2H])c([2H])c23)c([2H])c1[2H]. The third-order valence-electron chi connectivity index (χ3n) is 5.54. The number of fused-ring (bicyclic) bond motifs is 5. The Balaban J connectivity index is 1.91. The van der Waals surface area contributed by atoms with Gasteiger partial charge in [-0.15, -0.1) is 0 Å². The van der Waals surface area contributed by atoms with E-state index in [9.17, 15) is 0 Å². The van der Waals surface area contributed by atoms with Gasteiger partial charge in [0.05, 0.1) is 23.3 Å². The monoisotopic (exact) mass is 437 g/mol. The molecule has 0 aliphatic heterocycles. The largest absolute Gasteiger partial charge is 0.456 e. The van der Waals surface area contributed by atoms with Crippen molar-refractivity contribution in [1.29, 1.82) is 0 Å². The van der Waals surface area contributed by atoms with Crippen molar-refractivity contribution in [3.05, 3.63) is 121 Å². The van der Waals surface area contributed by atoms with E-state index in [0.717, 1.165) is 0 Å². The summed E-state index contributed by atoms with van der Waals surface area (Å²) in [6, 6.07) is -7.35. The minimum absolute atomic E-state index is 0.0314. The molecule has 0 aliphatic carbocycles. The van der Waals surface area contributed by atoms with Crippen LogP contribution in [0.15, 0.2) is 125 Å².